The monoisotopic (exact) mass is 327 g/mol. The molecular formula is C11H10BrN3O2S. The predicted octanol–water partition coefficient (Wildman–Crippen LogP) is 2.09. The van der Waals surface area contributed by atoms with E-state index in [2.05, 4.69) is 20.9 Å². The van der Waals surface area contributed by atoms with E-state index >= 15 is 0 Å². The number of benzene rings is 1. The number of halogens is 1. The van der Waals surface area contributed by atoms with Crippen LogP contribution in [0.4, 0.5) is 0 Å². The molecule has 0 aliphatic heterocycles. The van der Waals surface area contributed by atoms with Gasteiger partial charge in [-0.2, -0.15) is 0 Å². The molecule has 0 radical (unpaired) electrons. The number of nitrogens with one attached hydrogen (secondary N) is 1. The third-order valence-corrected chi connectivity index (χ3v) is 3.50. The predicted molar refractivity (Wildman–Crippen MR) is 72.2 cm³/mol. The molecule has 0 spiro atoms. The zero-order valence-corrected chi connectivity index (χ0v) is 11.6. The minimum atomic E-state index is -0.394. The molecule has 1 aromatic carbocycles. The minimum Gasteiger partial charge on any atom is -0.487 e. The highest BCUT2D eigenvalue weighted by atomic mass is 79.9. The summed E-state index contributed by atoms with van der Waals surface area (Å²) in [6.07, 6.45) is 0. The third-order valence-electron chi connectivity index (χ3n) is 2.08. The average molecular weight is 328 g/mol. The Morgan fingerprint density at radius 2 is 2.17 bits per heavy atom. The maximum absolute atomic E-state index is 11.2. The minimum absolute atomic E-state index is 0.315. The lowest BCUT2D eigenvalue weighted by molar-refractivity contribution is 0.0953. The molecule has 0 saturated heterocycles. The summed E-state index contributed by atoms with van der Waals surface area (Å²) in [4.78, 5) is 15.3. The van der Waals surface area contributed by atoms with E-state index in [1.54, 1.807) is 5.38 Å². The molecule has 0 fully saturated rings. The molecule has 7 heteroatoms. The molecule has 5 nitrogen and oxygen atoms in total. The summed E-state index contributed by atoms with van der Waals surface area (Å²) in [6, 6.07) is 7.49. The van der Waals surface area contributed by atoms with Gasteiger partial charge in [0.15, 0.2) is 5.01 Å². The summed E-state index contributed by atoms with van der Waals surface area (Å²) in [5.41, 5.74) is 2.73. The number of rotatable bonds is 4. The van der Waals surface area contributed by atoms with E-state index in [4.69, 9.17) is 10.6 Å². The van der Waals surface area contributed by atoms with Gasteiger partial charge in [-0.3, -0.25) is 10.2 Å². The topological polar surface area (TPSA) is 77.2 Å². The smallest absolute Gasteiger partial charge is 0.294 e. The van der Waals surface area contributed by atoms with E-state index in [0.717, 1.165) is 10.2 Å². The summed E-state index contributed by atoms with van der Waals surface area (Å²) in [5.74, 6) is 5.38. The SMILES string of the molecule is NNC(=O)c1nc(COc2ccc(Br)cc2)cs1. The van der Waals surface area contributed by atoms with Crippen molar-refractivity contribution < 1.29 is 9.53 Å². The van der Waals surface area contributed by atoms with Gasteiger partial charge in [-0.15, -0.1) is 11.3 Å². The largest absolute Gasteiger partial charge is 0.487 e. The van der Waals surface area contributed by atoms with Crippen LogP contribution in [-0.2, 0) is 6.61 Å². The van der Waals surface area contributed by atoms with Crippen molar-refractivity contribution in [1.82, 2.24) is 10.4 Å². The first-order valence-corrected chi connectivity index (χ1v) is 6.70. The molecule has 0 aliphatic rings. The number of hydrazine groups is 1. The number of carbonyl (C=O) groups is 1. The van der Waals surface area contributed by atoms with Gasteiger partial charge in [-0.25, -0.2) is 10.8 Å². The number of hydrogen-bond donors (Lipinski definition) is 2. The number of nitrogens with two attached hydrogens (primary N) is 1. The lowest BCUT2D eigenvalue weighted by Crippen LogP contribution is -2.29. The second kappa shape index (κ2) is 5.94. The Labute approximate surface area is 116 Å². The van der Waals surface area contributed by atoms with Crippen LogP contribution in [0.25, 0.3) is 0 Å². The number of carbonyl (C=O) groups excluding carboxylic acids is 1. The zero-order chi connectivity index (χ0) is 13.0. The lowest BCUT2D eigenvalue weighted by atomic mass is 10.3. The van der Waals surface area contributed by atoms with E-state index in [-0.39, 0.29) is 0 Å². The highest BCUT2D eigenvalue weighted by Crippen LogP contribution is 2.18. The van der Waals surface area contributed by atoms with E-state index in [0.29, 0.717) is 17.3 Å². The Morgan fingerprint density at radius 1 is 1.44 bits per heavy atom. The van der Waals surface area contributed by atoms with Crippen LogP contribution in [0.15, 0.2) is 34.1 Å². The molecule has 0 atom stereocenters. The normalized spacial score (nSPS) is 10.1. The quantitative estimate of drug-likeness (QED) is 0.512. The van der Waals surface area contributed by atoms with Crippen molar-refractivity contribution in [3.8, 4) is 5.75 Å². The molecule has 2 aromatic rings. The van der Waals surface area contributed by atoms with Crippen LogP contribution in [0.5, 0.6) is 5.75 Å². The van der Waals surface area contributed by atoms with E-state index in [1.165, 1.54) is 11.3 Å². The van der Waals surface area contributed by atoms with Crippen molar-refractivity contribution in [3.63, 3.8) is 0 Å². The first-order chi connectivity index (χ1) is 8.69. The molecule has 1 amide bonds. The molecule has 2 rings (SSSR count). The maximum atomic E-state index is 11.2. The van der Waals surface area contributed by atoms with Gasteiger partial charge in [0.1, 0.15) is 12.4 Å². The van der Waals surface area contributed by atoms with Crippen molar-refractivity contribution in [2.24, 2.45) is 5.84 Å². The highest BCUT2D eigenvalue weighted by Gasteiger charge is 2.09. The Morgan fingerprint density at radius 3 is 2.83 bits per heavy atom. The summed E-state index contributed by atoms with van der Waals surface area (Å²) >= 11 is 4.58. The van der Waals surface area contributed by atoms with E-state index in [9.17, 15) is 4.79 Å². The summed E-state index contributed by atoms with van der Waals surface area (Å²) in [5, 5.41) is 2.09. The number of hydrogen-bond acceptors (Lipinski definition) is 5. The zero-order valence-electron chi connectivity index (χ0n) is 9.22. The second-order valence-corrected chi connectivity index (χ2v) is 5.13. The molecule has 1 heterocycles. The van der Waals surface area contributed by atoms with Gasteiger partial charge >= 0.3 is 0 Å². The fourth-order valence-corrected chi connectivity index (χ4v) is 2.20. The Kier molecular flexibility index (Phi) is 4.29. The number of nitrogen functional groups attached to an aromatic ring is 1. The standard InChI is InChI=1S/C11H10BrN3O2S/c12-7-1-3-9(4-2-7)17-5-8-6-18-11(14-8)10(16)15-13/h1-4,6H,5,13H2,(H,15,16). The molecule has 18 heavy (non-hydrogen) atoms. The van der Waals surface area contributed by atoms with Crippen LogP contribution >= 0.6 is 27.3 Å². The van der Waals surface area contributed by atoms with Crippen molar-refractivity contribution in [3.05, 3.63) is 44.8 Å². The van der Waals surface area contributed by atoms with Gasteiger partial charge in [0.25, 0.3) is 5.91 Å². The van der Waals surface area contributed by atoms with Gasteiger partial charge in [0.05, 0.1) is 5.69 Å². The third kappa shape index (κ3) is 3.28. The molecule has 3 N–H and O–H groups in total. The van der Waals surface area contributed by atoms with Gasteiger partial charge in [-0.1, -0.05) is 15.9 Å². The fraction of sp³-hybridized carbons (Fsp3) is 0.0909. The van der Waals surface area contributed by atoms with Crippen molar-refractivity contribution in [1.29, 1.82) is 0 Å². The molecule has 1 aromatic heterocycles. The average Bonchev–Trinajstić information content (AvgIpc) is 2.86. The summed E-state index contributed by atoms with van der Waals surface area (Å²) in [7, 11) is 0. The van der Waals surface area contributed by atoms with Crippen LogP contribution < -0.4 is 16.0 Å². The van der Waals surface area contributed by atoms with Gasteiger partial charge in [0.2, 0.25) is 0 Å². The van der Waals surface area contributed by atoms with E-state index in [1.807, 2.05) is 29.7 Å². The molecule has 0 bridgehead atoms. The molecule has 0 saturated carbocycles. The molecule has 0 aliphatic carbocycles. The van der Waals surface area contributed by atoms with Crippen LogP contribution in [0.3, 0.4) is 0 Å². The van der Waals surface area contributed by atoms with Crippen LogP contribution in [0, 0.1) is 0 Å². The van der Waals surface area contributed by atoms with E-state index < -0.39 is 5.91 Å². The summed E-state index contributed by atoms with van der Waals surface area (Å²) < 4.78 is 6.53. The van der Waals surface area contributed by atoms with Gasteiger partial charge in [0, 0.05) is 9.85 Å². The number of nitrogens with zero attached hydrogens (tertiary/aromatic N) is 1. The fourth-order valence-electron chi connectivity index (χ4n) is 1.23. The summed E-state index contributed by atoms with van der Waals surface area (Å²) in [6.45, 7) is 0.315. The van der Waals surface area contributed by atoms with Crippen LogP contribution in [0.2, 0.25) is 0 Å². The lowest BCUT2D eigenvalue weighted by Gasteiger charge is -2.03. The number of amides is 1. The van der Waals surface area contributed by atoms with Crippen molar-refractivity contribution >= 4 is 33.2 Å². The molecule has 0 unspecified atom stereocenters. The number of aromatic nitrogens is 1. The maximum Gasteiger partial charge on any atom is 0.294 e. The Balaban J connectivity index is 1.96. The van der Waals surface area contributed by atoms with Gasteiger partial charge < -0.3 is 4.74 Å². The number of ether oxygens (including phenoxy) is 1. The molecule has 94 valence electrons. The van der Waals surface area contributed by atoms with Gasteiger partial charge in [-0.05, 0) is 24.3 Å². The van der Waals surface area contributed by atoms with Crippen LogP contribution in [0.1, 0.15) is 15.5 Å². The Hall–Kier alpha value is -1.44. The first kappa shape index (κ1) is 13.0. The number of thiazole rings is 1. The highest BCUT2D eigenvalue weighted by molar-refractivity contribution is 9.10. The Bertz CT molecular complexity index is 541. The van der Waals surface area contributed by atoms with Crippen LogP contribution in [-0.4, -0.2) is 10.9 Å². The van der Waals surface area contributed by atoms with Crippen molar-refractivity contribution in [2.75, 3.05) is 0 Å². The second-order valence-electron chi connectivity index (χ2n) is 3.36. The van der Waals surface area contributed by atoms with Crippen molar-refractivity contribution in [2.45, 2.75) is 6.61 Å². The molecular weight excluding hydrogens is 318 g/mol. The first-order valence-electron chi connectivity index (χ1n) is 5.03.